The fraction of sp³-hybridized carbons (Fsp3) is 0.300. The van der Waals surface area contributed by atoms with Crippen molar-refractivity contribution in [2.45, 2.75) is 6.67 Å². The Hall–Kier alpha value is -2.35. The van der Waals surface area contributed by atoms with E-state index < -0.39 is 0 Å². The summed E-state index contributed by atoms with van der Waals surface area (Å²) in [6, 6.07) is 16.0. The van der Waals surface area contributed by atoms with Gasteiger partial charge in [0.1, 0.15) is 5.75 Å². The van der Waals surface area contributed by atoms with Crippen molar-refractivity contribution in [2.24, 2.45) is 0 Å². The van der Waals surface area contributed by atoms with Gasteiger partial charge in [0.15, 0.2) is 5.82 Å². The Kier molecular flexibility index (Phi) is 5.66. The summed E-state index contributed by atoms with van der Waals surface area (Å²) in [5, 5.41) is 3.92. The standard InChI is InChI=1S/C20H22ClN5OS/c1-27-18-8-7-15(21)13-17(18)19-22-20(28)26(23-19)14-24-9-11-25(12-10-24)16-5-3-2-4-6-16/h2-8,13H,9-12,14H2,1H3,(H,22,23,28). The van der Waals surface area contributed by atoms with Gasteiger partial charge in [-0.3, -0.25) is 10.00 Å². The number of piperazine rings is 1. The van der Waals surface area contributed by atoms with Crippen LogP contribution in [0, 0.1) is 4.77 Å². The maximum Gasteiger partial charge on any atom is 0.217 e. The zero-order valence-electron chi connectivity index (χ0n) is 15.6. The molecule has 0 amide bonds. The van der Waals surface area contributed by atoms with E-state index in [1.54, 1.807) is 13.2 Å². The Morgan fingerprint density at radius 3 is 2.57 bits per heavy atom. The first-order chi connectivity index (χ1) is 13.6. The fourth-order valence-electron chi connectivity index (χ4n) is 3.42. The molecule has 4 rings (SSSR count). The van der Waals surface area contributed by atoms with Crippen LogP contribution in [0.4, 0.5) is 5.69 Å². The number of H-pyrrole nitrogens is 1. The molecule has 2 aromatic carbocycles. The topological polar surface area (TPSA) is 49.3 Å². The van der Waals surface area contributed by atoms with Gasteiger partial charge in [-0.15, -0.1) is 0 Å². The molecule has 2 heterocycles. The first-order valence-electron chi connectivity index (χ1n) is 9.17. The van der Waals surface area contributed by atoms with Crippen molar-refractivity contribution in [3.63, 3.8) is 0 Å². The minimum absolute atomic E-state index is 0.516. The van der Waals surface area contributed by atoms with E-state index in [9.17, 15) is 0 Å². The summed E-state index contributed by atoms with van der Waals surface area (Å²) in [5.41, 5.74) is 2.07. The van der Waals surface area contributed by atoms with Crippen molar-refractivity contribution in [1.29, 1.82) is 0 Å². The van der Waals surface area contributed by atoms with Crippen LogP contribution in [0.1, 0.15) is 0 Å². The van der Waals surface area contributed by atoms with Crippen LogP contribution in [0.2, 0.25) is 5.02 Å². The largest absolute Gasteiger partial charge is 0.496 e. The molecule has 8 heteroatoms. The smallest absolute Gasteiger partial charge is 0.217 e. The highest BCUT2D eigenvalue weighted by molar-refractivity contribution is 7.71. The molecule has 0 bridgehead atoms. The maximum absolute atomic E-state index is 6.15. The lowest BCUT2D eigenvalue weighted by Gasteiger charge is -2.35. The second-order valence-electron chi connectivity index (χ2n) is 6.71. The van der Waals surface area contributed by atoms with Gasteiger partial charge in [-0.1, -0.05) is 29.8 Å². The number of hydrogen-bond donors (Lipinski definition) is 1. The number of methoxy groups -OCH3 is 1. The number of benzene rings is 2. The summed E-state index contributed by atoms with van der Waals surface area (Å²) in [5.74, 6) is 1.36. The molecule has 6 nitrogen and oxygen atoms in total. The molecule has 0 spiro atoms. The highest BCUT2D eigenvalue weighted by Crippen LogP contribution is 2.30. The van der Waals surface area contributed by atoms with Gasteiger partial charge < -0.3 is 9.64 Å². The van der Waals surface area contributed by atoms with E-state index >= 15 is 0 Å². The summed E-state index contributed by atoms with van der Waals surface area (Å²) >= 11 is 11.6. The molecule has 0 aliphatic carbocycles. The average molecular weight is 416 g/mol. The normalized spacial score (nSPS) is 15.0. The molecule has 146 valence electrons. The summed E-state index contributed by atoms with van der Waals surface area (Å²) in [6.07, 6.45) is 0. The molecule has 1 fully saturated rings. The van der Waals surface area contributed by atoms with Gasteiger partial charge in [0.25, 0.3) is 0 Å². The molecule has 1 aromatic heterocycles. The summed E-state index contributed by atoms with van der Waals surface area (Å²) in [4.78, 5) is 9.28. The van der Waals surface area contributed by atoms with Gasteiger partial charge in [-0.05, 0) is 42.5 Å². The quantitative estimate of drug-likeness (QED) is 0.637. The number of aromatic nitrogens is 3. The number of nitrogens with one attached hydrogen (secondary N) is 1. The third-order valence-corrected chi connectivity index (χ3v) is 5.48. The molecular weight excluding hydrogens is 394 g/mol. The zero-order chi connectivity index (χ0) is 19.5. The van der Waals surface area contributed by atoms with Gasteiger partial charge >= 0.3 is 0 Å². The highest BCUT2D eigenvalue weighted by atomic mass is 35.5. The summed E-state index contributed by atoms with van der Waals surface area (Å²) < 4.78 is 7.84. The second-order valence-corrected chi connectivity index (χ2v) is 7.51. The molecule has 1 aliphatic rings. The Morgan fingerprint density at radius 1 is 1.11 bits per heavy atom. The zero-order valence-corrected chi connectivity index (χ0v) is 17.2. The number of aromatic amines is 1. The summed E-state index contributed by atoms with van der Waals surface area (Å²) in [6.45, 7) is 4.58. The minimum atomic E-state index is 0.516. The number of halogens is 1. The van der Waals surface area contributed by atoms with Crippen LogP contribution in [-0.2, 0) is 6.67 Å². The van der Waals surface area contributed by atoms with Crippen LogP contribution in [-0.4, -0.2) is 53.0 Å². The van der Waals surface area contributed by atoms with Crippen LogP contribution in [0.3, 0.4) is 0 Å². The molecule has 0 saturated carbocycles. The van der Waals surface area contributed by atoms with Crippen LogP contribution in [0.5, 0.6) is 5.75 Å². The first kappa shape index (κ1) is 19.0. The molecular formula is C20H22ClN5OS. The molecule has 0 radical (unpaired) electrons. The van der Waals surface area contributed by atoms with Gasteiger partial charge in [0.2, 0.25) is 4.77 Å². The lowest BCUT2D eigenvalue weighted by atomic mass is 10.2. The molecule has 1 N–H and O–H groups in total. The van der Waals surface area contributed by atoms with E-state index in [4.69, 9.17) is 28.6 Å². The highest BCUT2D eigenvalue weighted by Gasteiger charge is 2.18. The molecule has 1 aliphatic heterocycles. The van der Waals surface area contributed by atoms with Crippen LogP contribution in [0.15, 0.2) is 48.5 Å². The van der Waals surface area contributed by atoms with Crippen molar-refractivity contribution < 1.29 is 4.74 Å². The predicted molar refractivity (Wildman–Crippen MR) is 115 cm³/mol. The van der Waals surface area contributed by atoms with E-state index in [-0.39, 0.29) is 0 Å². The Morgan fingerprint density at radius 2 is 1.86 bits per heavy atom. The van der Waals surface area contributed by atoms with E-state index in [0.29, 0.717) is 28.0 Å². The lowest BCUT2D eigenvalue weighted by molar-refractivity contribution is 0.194. The van der Waals surface area contributed by atoms with Gasteiger partial charge in [-0.2, -0.15) is 4.98 Å². The average Bonchev–Trinajstić information content (AvgIpc) is 3.09. The second kappa shape index (κ2) is 8.34. The van der Waals surface area contributed by atoms with Crippen LogP contribution < -0.4 is 9.64 Å². The SMILES string of the molecule is COc1ccc(Cl)cc1-c1nc(=S)n(CN2CCN(c3ccccc3)CC2)[nH]1. The fourth-order valence-corrected chi connectivity index (χ4v) is 3.79. The molecule has 0 atom stereocenters. The third kappa shape index (κ3) is 4.06. The number of rotatable bonds is 5. The Balaban J connectivity index is 1.46. The number of ether oxygens (including phenoxy) is 1. The van der Waals surface area contributed by atoms with Gasteiger partial charge in [0.05, 0.1) is 19.3 Å². The van der Waals surface area contributed by atoms with Crippen molar-refractivity contribution in [2.75, 3.05) is 38.2 Å². The number of nitrogens with zero attached hydrogens (tertiary/aromatic N) is 4. The van der Waals surface area contributed by atoms with Crippen LogP contribution >= 0.6 is 23.8 Å². The van der Waals surface area contributed by atoms with Gasteiger partial charge in [-0.25, -0.2) is 4.68 Å². The summed E-state index contributed by atoms with van der Waals surface area (Å²) in [7, 11) is 1.63. The molecule has 0 unspecified atom stereocenters. The van der Waals surface area contributed by atoms with E-state index in [1.165, 1.54) is 5.69 Å². The minimum Gasteiger partial charge on any atom is -0.496 e. The van der Waals surface area contributed by atoms with Crippen molar-refractivity contribution in [3.05, 3.63) is 58.3 Å². The molecule has 3 aromatic rings. The third-order valence-electron chi connectivity index (χ3n) is 4.93. The van der Waals surface area contributed by atoms with Gasteiger partial charge in [0, 0.05) is 36.9 Å². The monoisotopic (exact) mass is 415 g/mol. The predicted octanol–water partition coefficient (Wildman–Crippen LogP) is 4.05. The van der Waals surface area contributed by atoms with Crippen LogP contribution in [0.25, 0.3) is 11.4 Å². The Bertz CT molecular complexity index is 995. The molecule has 28 heavy (non-hydrogen) atoms. The number of hydrogen-bond acceptors (Lipinski definition) is 5. The molecule has 1 saturated heterocycles. The van der Waals surface area contributed by atoms with E-state index in [1.807, 2.05) is 22.9 Å². The van der Waals surface area contributed by atoms with Crippen molar-refractivity contribution in [1.82, 2.24) is 19.7 Å². The number of anilines is 1. The first-order valence-corrected chi connectivity index (χ1v) is 9.96. The van der Waals surface area contributed by atoms with Crippen molar-refractivity contribution in [3.8, 4) is 17.1 Å². The van der Waals surface area contributed by atoms with E-state index in [2.05, 4.69) is 44.1 Å². The maximum atomic E-state index is 6.15. The number of para-hydroxylation sites is 1. The van der Waals surface area contributed by atoms with Crippen molar-refractivity contribution >= 4 is 29.5 Å². The van der Waals surface area contributed by atoms with E-state index in [0.717, 1.165) is 31.7 Å². The Labute approximate surface area is 174 Å². The lowest BCUT2D eigenvalue weighted by Crippen LogP contribution is -2.46.